The maximum Gasteiger partial charge on any atom is 0.146 e. The van der Waals surface area contributed by atoms with Gasteiger partial charge in [0.05, 0.1) is 6.54 Å². The molecule has 1 aliphatic rings. The summed E-state index contributed by atoms with van der Waals surface area (Å²) in [6.07, 6.45) is 10.5. The molecule has 0 spiro atoms. The van der Waals surface area contributed by atoms with Crippen LogP contribution in [0.3, 0.4) is 0 Å². The Hall–Kier alpha value is -0.450. The van der Waals surface area contributed by atoms with E-state index in [1.165, 1.54) is 38.5 Å². The number of unbranched alkanes of at least 4 members (excludes halogenated alkanes) is 6. The van der Waals surface area contributed by atoms with Crippen molar-refractivity contribution in [1.82, 2.24) is 9.80 Å². The summed E-state index contributed by atoms with van der Waals surface area (Å²) in [5.41, 5.74) is 0. The van der Waals surface area contributed by atoms with Crippen LogP contribution in [0.15, 0.2) is 0 Å². The highest BCUT2D eigenvalue weighted by atomic mass is 16.3. The predicted molar refractivity (Wildman–Crippen MR) is 92.2 cm³/mol. The highest BCUT2D eigenvalue weighted by molar-refractivity contribution is 5.80. The second-order valence-corrected chi connectivity index (χ2v) is 6.60. The topological polar surface area (TPSA) is 43.8 Å². The largest absolute Gasteiger partial charge is 0.396 e. The molecule has 0 aromatic rings. The molecule has 1 N–H and O–H groups in total. The first-order valence-electron chi connectivity index (χ1n) is 9.33. The molecule has 1 saturated heterocycles. The molecule has 4 nitrogen and oxygen atoms in total. The molecule has 1 fully saturated rings. The van der Waals surface area contributed by atoms with Gasteiger partial charge in [-0.2, -0.15) is 0 Å². The van der Waals surface area contributed by atoms with Crippen LogP contribution in [0, 0.1) is 0 Å². The maximum atomic E-state index is 12.0. The molecule has 1 aliphatic heterocycles. The Morgan fingerprint density at radius 2 is 1.45 bits per heavy atom. The van der Waals surface area contributed by atoms with Crippen LogP contribution >= 0.6 is 0 Å². The van der Waals surface area contributed by atoms with E-state index in [9.17, 15) is 4.79 Å². The van der Waals surface area contributed by atoms with Crippen molar-refractivity contribution in [2.45, 2.75) is 64.7 Å². The minimum absolute atomic E-state index is 0.275. The number of aliphatic hydroxyl groups excluding tert-OH is 1. The van der Waals surface area contributed by atoms with E-state index in [0.29, 0.717) is 12.3 Å². The quantitative estimate of drug-likeness (QED) is 0.531. The zero-order valence-corrected chi connectivity index (χ0v) is 14.6. The summed E-state index contributed by atoms with van der Waals surface area (Å²) in [6, 6.07) is 0. The fourth-order valence-electron chi connectivity index (χ4n) is 3.07. The zero-order valence-electron chi connectivity index (χ0n) is 14.6. The lowest BCUT2D eigenvalue weighted by molar-refractivity contribution is -0.120. The van der Waals surface area contributed by atoms with Crippen LogP contribution in [-0.4, -0.2) is 66.6 Å². The average molecular weight is 312 g/mol. The van der Waals surface area contributed by atoms with E-state index in [1.54, 1.807) is 0 Å². The normalized spacial score (nSPS) is 17.0. The summed E-state index contributed by atoms with van der Waals surface area (Å²) < 4.78 is 0. The van der Waals surface area contributed by atoms with Crippen LogP contribution in [0.4, 0.5) is 0 Å². The van der Waals surface area contributed by atoms with Gasteiger partial charge < -0.3 is 10.0 Å². The number of piperazine rings is 1. The summed E-state index contributed by atoms with van der Waals surface area (Å²) in [5, 5.41) is 8.85. The van der Waals surface area contributed by atoms with Crippen molar-refractivity contribution < 1.29 is 9.90 Å². The number of aliphatic hydroxyl groups is 1. The smallest absolute Gasteiger partial charge is 0.146 e. The van der Waals surface area contributed by atoms with Crippen LogP contribution < -0.4 is 0 Å². The van der Waals surface area contributed by atoms with E-state index in [2.05, 4.69) is 16.7 Å². The number of carbonyl (C=O) groups is 1. The molecular weight excluding hydrogens is 276 g/mol. The molecule has 4 heteroatoms. The van der Waals surface area contributed by atoms with Crippen LogP contribution in [-0.2, 0) is 4.79 Å². The van der Waals surface area contributed by atoms with Gasteiger partial charge in [0, 0.05) is 45.8 Å². The van der Waals surface area contributed by atoms with E-state index < -0.39 is 0 Å². The molecule has 22 heavy (non-hydrogen) atoms. The Bertz CT molecular complexity index is 276. The van der Waals surface area contributed by atoms with Crippen molar-refractivity contribution in [2.24, 2.45) is 0 Å². The van der Waals surface area contributed by atoms with Gasteiger partial charge in [-0.1, -0.05) is 45.4 Å². The van der Waals surface area contributed by atoms with Gasteiger partial charge >= 0.3 is 0 Å². The van der Waals surface area contributed by atoms with Gasteiger partial charge in [-0.15, -0.1) is 0 Å². The van der Waals surface area contributed by atoms with Crippen LogP contribution in [0.1, 0.15) is 64.7 Å². The predicted octanol–water partition coefficient (Wildman–Crippen LogP) is 2.70. The number of hydrogen-bond acceptors (Lipinski definition) is 4. The number of rotatable bonds is 13. The van der Waals surface area contributed by atoms with Gasteiger partial charge in [0.15, 0.2) is 0 Å². The fourth-order valence-corrected chi connectivity index (χ4v) is 3.07. The summed E-state index contributed by atoms with van der Waals surface area (Å²) in [5.74, 6) is 0.414. The molecule has 1 rings (SSSR count). The lowest BCUT2D eigenvalue weighted by atomic mass is 10.1. The number of nitrogens with zero attached hydrogens (tertiary/aromatic N) is 2. The van der Waals surface area contributed by atoms with Gasteiger partial charge in [-0.3, -0.25) is 9.69 Å². The second kappa shape index (κ2) is 13.0. The number of carbonyl (C=O) groups excluding carboxylic acids is 1. The molecule has 0 amide bonds. The van der Waals surface area contributed by atoms with E-state index >= 15 is 0 Å². The third-order valence-corrected chi connectivity index (χ3v) is 4.56. The Morgan fingerprint density at radius 3 is 2.09 bits per heavy atom. The summed E-state index contributed by atoms with van der Waals surface area (Å²) >= 11 is 0. The lowest BCUT2D eigenvalue weighted by Gasteiger charge is -2.34. The van der Waals surface area contributed by atoms with Gasteiger partial charge in [-0.05, 0) is 12.8 Å². The van der Waals surface area contributed by atoms with Crippen LogP contribution in [0.2, 0.25) is 0 Å². The maximum absolute atomic E-state index is 12.0. The first kappa shape index (κ1) is 19.6. The zero-order chi connectivity index (χ0) is 16.0. The number of Topliss-reactive ketones (excluding diaryl/α,β-unsaturated/α-hetero) is 1. The van der Waals surface area contributed by atoms with Gasteiger partial charge in [0.1, 0.15) is 5.78 Å². The molecule has 0 radical (unpaired) electrons. The Labute approximate surface area is 136 Å². The van der Waals surface area contributed by atoms with Crippen molar-refractivity contribution in [3.05, 3.63) is 0 Å². The van der Waals surface area contributed by atoms with Crippen molar-refractivity contribution in [3.63, 3.8) is 0 Å². The molecule has 0 bridgehead atoms. The molecule has 0 aromatic carbocycles. The van der Waals surface area contributed by atoms with Gasteiger partial charge in [-0.25, -0.2) is 0 Å². The molecule has 0 aromatic heterocycles. The fraction of sp³-hybridized carbons (Fsp3) is 0.944. The summed E-state index contributed by atoms with van der Waals surface area (Å²) in [7, 11) is 0. The van der Waals surface area contributed by atoms with Crippen molar-refractivity contribution >= 4 is 5.78 Å². The standard InChI is InChI=1S/C18H36N2O2/c1-2-3-4-5-6-7-8-10-18(22)17-20-14-12-19(13-15-20)11-9-16-21/h21H,2-17H2,1H3. The Balaban J connectivity index is 1.97. The number of ketones is 1. The molecule has 1 heterocycles. The molecule has 0 atom stereocenters. The van der Waals surface area contributed by atoms with Crippen molar-refractivity contribution in [2.75, 3.05) is 45.9 Å². The first-order valence-corrected chi connectivity index (χ1v) is 9.33. The van der Waals surface area contributed by atoms with E-state index in [1.807, 2.05) is 0 Å². The van der Waals surface area contributed by atoms with Gasteiger partial charge in [0.25, 0.3) is 0 Å². The first-order chi connectivity index (χ1) is 10.8. The highest BCUT2D eigenvalue weighted by Gasteiger charge is 2.18. The minimum atomic E-state index is 0.275. The average Bonchev–Trinajstić information content (AvgIpc) is 2.53. The minimum Gasteiger partial charge on any atom is -0.396 e. The summed E-state index contributed by atoms with van der Waals surface area (Å²) in [6.45, 7) is 8.19. The molecule has 0 unspecified atom stereocenters. The highest BCUT2D eigenvalue weighted by Crippen LogP contribution is 2.09. The number of hydrogen-bond donors (Lipinski definition) is 1. The molecule has 0 saturated carbocycles. The van der Waals surface area contributed by atoms with Crippen molar-refractivity contribution in [1.29, 1.82) is 0 Å². The second-order valence-electron chi connectivity index (χ2n) is 6.60. The molecule has 130 valence electrons. The Kier molecular flexibility index (Phi) is 11.6. The van der Waals surface area contributed by atoms with Crippen molar-refractivity contribution in [3.8, 4) is 0 Å². The third-order valence-electron chi connectivity index (χ3n) is 4.56. The van der Waals surface area contributed by atoms with E-state index in [-0.39, 0.29) is 6.61 Å². The van der Waals surface area contributed by atoms with Crippen LogP contribution in [0.25, 0.3) is 0 Å². The monoisotopic (exact) mass is 312 g/mol. The summed E-state index contributed by atoms with van der Waals surface area (Å²) in [4.78, 5) is 16.7. The van der Waals surface area contributed by atoms with E-state index in [4.69, 9.17) is 5.11 Å². The Morgan fingerprint density at radius 1 is 0.864 bits per heavy atom. The lowest BCUT2D eigenvalue weighted by Crippen LogP contribution is -2.48. The molecule has 0 aliphatic carbocycles. The SMILES string of the molecule is CCCCCCCCCC(=O)CN1CCN(CCCO)CC1. The van der Waals surface area contributed by atoms with E-state index in [0.717, 1.165) is 52.0 Å². The van der Waals surface area contributed by atoms with Gasteiger partial charge in [0.2, 0.25) is 0 Å². The third kappa shape index (κ3) is 9.54. The van der Waals surface area contributed by atoms with Crippen LogP contribution in [0.5, 0.6) is 0 Å². The molecular formula is C18H36N2O2.